The molecule has 0 bridgehead atoms. The van der Waals surface area contributed by atoms with Crippen LogP contribution in [-0.2, 0) is 19.1 Å². The van der Waals surface area contributed by atoms with Crippen molar-refractivity contribution in [1.29, 1.82) is 0 Å². The average Bonchev–Trinajstić information content (AvgIpc) is 2.96. The number of ether oxygens (including phenoxy) is 2. The SMILES string of the molecule is CCCCCCCCC=COC1=C(O)C(=O)O[C@]1(C(=O)C(O)CO)[C@@H](O)CO. The Balaban J connectivity index is 2.85. The van der Waals surface area contributed by atoms with Crippen LogP contribution in [0.25, 0.3) is 0 Å². The van der Waals surface area contributed by atoms with Gasteiger partial charge in [-0.15, -0.1) is 0 Å². The molecular weight excluding hydrogens is 372 g/mol. The van der Waals surface area contributed by atoms with Crippen molar-refractivity contribution in [3.8, 4) is 0 Å². The fraction of sp³-hybridized carbons (Fsp3) is 0.684. The Kier molecular flexibility index (Phi) is 10.2. The molecule has 0 aromatic rings. The Hall–Kier alpha value is -1.94. The van der Waals surface area contributed by atoms with Gasteiger partial charge in [0.05, 0.1) is 19.5 Å². The molecule has 0 saturated heterocycles. The van der Waals surface area contributed by atoms with E-state index in [-0.39, 0.29) is 0 Å². The molecule has 1 unspecified atom stereocenters. The predicted octanol–water partition coefficient (Wildman–Crippen LogP) is 0.608. The highest BCUT2D eigenvalue weighted by molar-refractivity contribution is 6.03. The van der Waals surface area contributed by atoms with Crippen LogP contribution in [0.4, 0.5) is 0 Å². The maximum Gasteiger partial charge on any atom is 0.378 e. The second-order valence-electron chi connectivity index (χ2n) is 6.61. The van der Waals surface area contributed by atoms with E-state index in [0.29, 0.717) is 6.42 Å². The molecule has 160 valence electrons. The van der Waals surface area contributed by atoms with Gasteiger partial charge in [-0.05, 0) is 18.9 Å². The smallest absolute Gasteiger partial charge is 0.378 e. The van der Waals surface area contributed by atoms with E-state index < -0.39 is 54.3 Å². The van der Waals surface area contributed by atoms with E-state index in [0.717, 1.165) is 31.9 Å². The number of hydrogen-bond donors (Lipinski definition) is 5. The molecule has 0 radical (unpaired) electrons. The normalized spacial score (nSPS) is 21.8. The fourth-order valence-corrected chi connectivity index (χ4v) is 2.88. The average molecular weight is 402 g/mol. The van der Waals surface area contributed by atoms with Gasteiger partial charge in [-0.3, -0.25) is 4.79 Å². The zero-order chi connectivity index (χ0) is 21.2. The standard InChI is InChI=1S/C19H30O9/c1-2-3-4-5-6-7-8-9-10-27-17-15(24)18(26)28-19(17,14(23)12-21)16(25)13(22)11-20/h9-10,13-14,20-24H,2-8,11-12H2,1H3/t13?,14-,19-/m0/s1. The predicted molar refractivity (Wildman–Crippen MR) is 97.9 cm³/mol. The molecule has 0 saturated carbocycles. The van der Waals surface area contributed by atoms with Gasteiger partial charge in [0.15, 0.2) is 0 Å². The van der Waals surface area contributed by atoms with Crippen molar-refractivity contribution in [3.63, 3.8) is 0 Å². The Morgan fingerprint density at radius 1 is 1.14 bits per heavy atom. The van der Waals surface area contributed by atoms with Crippen LogP contribution in [-0.4, -0.2) is 68.3 Å². The Bertz CT molecular complexity index is 584. The van der Waals surface area contributed by atoms with Crippen LogP contribution in [0.15, 0.2) is 23.9 Å². The summed E-state index contributed by atoms with van der Waals surface area (Å²) < 4.78 is 10.00. The van der Waals surface area contributed by atoms with Crippen molar-refractivity contribution in [3.05, 3.63) is 23.9 Å². The third-order valence-corrected chi connectivity index (χ3v) is 4.49. The minimum absolute atomic E-state index is 0.651. The van der Waals surface area contributed by atoms with Gasteiger partial charge in [0, 0.05) is 0 Å². The first-order valence-corrected chi connectivity index (χ1v) is 9.47. The molecule has 0 aliphatic carbocycles. The number of cyclic esters (lactones) is 1. The molecular formula is C19H30O9. The lowest BCUT2D eigenvalue weighted by Gasteiger charge is -2.32. The summed E-state index contributed by atoms with van der Waals surface area (Å²) in [6, 6.07) is 0. The highest BCUT2D eigenvalue weighted by atomic mass is 16.6. The van der Waals surface area contributed by atoms with Crippen LogP contribution in [0, 0.1) is 0 Å². The molecule has 0 aromatic carbocycles. The first-order valence-electron chi connectivity index (χ1n) is 9.47. The van der Waals surface area contributed by atoms with Gasteiger partial charge < -0.3 is 35.0 Å². The summed E-state index contributed by atoms with van der Waals surface area (Å²) in [4.78, 5) is 24.2. The zero-order valence-electron chi connectivity index (χ0n) is 16.0. The number of aliphatic hydroxyl groups is 5. The fourth-order valence-electron chi connectivity index (χ4n) is 2.88. The molecule has 5 N–H and O–H groups in total. The van der Waals surface area contributed by atoms with Crippen molar-refractivity contribution >= 4 is 11.8 Å². The number of esters is 1. The van der Waals surface area contributed by atoms with Crippen LogP contribution < -0.4 is 0 Å². The molecule has 9 nitrogen and oxygen atoms in total. The summed E-state index contributed by atoms with van der Waals surface area (Å²) in [5.41, 5.74) is -2.65. The molecule has 3 atom stereocenters. The van der Waals surface area contributed by atoms with Gasteiger partial charge in [-0.1, -0.05) is 39.0 Å². The van der Waals surface area contributed by atoms with E-state index >= 15 is 0 Å². The highest BCUT2D eigenvalue weighted by Crippen LogP contribution is 2.37. The molecule has 1 aliphatic heterocycles. The summed E-state index contributed by atoms with van der Waals surface area (Å²) in [6.07, 6.45) is 5.96. The summed E-state index contributed by atoms with van der Waals surface area (Å²) in [5, 5.41) is 47.9. The molecule has 0 fully saturated rings. The van der Waals surface area contributed by atoms with E-state index in [9.17, 15) is 30.0 Å². The molecule has 1 aliphatic rings. The number of aliphatic hydroxyl groups excluding tert-OH is 5. The van der Waals surface area contributed by atoms with Crippen molar-refractivity contribution in [2.24, 2.45) is 0 Å². The molecule has 1 heterocycles. The second-order valence-corrected chi connectivity index (χ2v) is 6.61. The van der Waals surface area contributed by atoms with E-state index in [1.165, 1.54) is 12.8 Å². The summed E-state index contributed by atoms with van der Waals surface area (Å²) in [6.45, 7) is 0.0939. The van der Waals surface area contributed by atoms with Crippen molar-refractivity contribution in [2.75, 3.05) is 13.2 Å². The molecule has 0 aromatic heterocycles. The Labute approximate surface area is 163 Å². The first kappa shape index (κ1) is 24.1. The Morgan fingerprint density at radius 2 is 1.79 bits per heavy atom. The van der Waals surface area contributed by atoms with Crippen molar-refractivity contribution in [2.45, 2.75) is 69.7 Å². The van der Waals surface area contributed by atoms with Gasteiger partial charge >= 0.3 is 5.97 Å². The van der Waals surface area contributed by atoms with Crippen LogP contribution in [0.2, 0.25) is 0 Å². The highest BCUT2D eigenvalue weighted by Gasteiger charge is 2.61. The van der Waals surface area contributed by atoms with E-state index in [1.807, 2.05) is 0 Å². The van der Waals surface area contributed by atoms with Crippen molar-refractivity contribution in [1.82, 2.24) is 0 Å². The molecule has 1 rings (SSSR count). The van der Waals surface area contributed by atoms with Crippen LogP contribution >= 0.6 is 0 Å². The third-order valence-electron chi connectivity index (χ3n) is 4.49. The number of Topliss-reactive ketones (excluding diaryl/α,β-unsaturated/α-hetero) is 1. The number of carbonyl (C=O) groups is 2. The van der Waals surface area contributed by atoms with Gasteiger partial charge in [0.25, 0.3) is 5.60 Å². The maximum absolute atomic E-state index is 12.5. The van der Waals surface area contributed by atoms with Crippen LogP contribution in [0.1, 0.15) is 51.9 Å². The third kappa shape index (κ3) is 5.54. The summed E-state index contributed by atoms with van der Waals surface area (Å²) in [5.74, 6) is -4.48. The number of unbranched alkanes of at least 4 members (excludes halogenated alkanes) is 6. The maximum atomic E-state index is 12.5. The van der Waals surface area contributed by atoms with Gasteiger partial charge in [-0.2, -0.15) is 0 Å². The van der Waals surface area contributed by atoms with Crippen molar-refractivity contribution < 1.29 is 44.6 Å². The lowest BCUT2D eigenvalue weighted by atomic mass is 9.87. The van der Waals surface area contributed by atoms with E-state index in [4.69, 9.17) is 14.6 Å². The van der Waals surface area contributed by atoms with E-state index in [2.05, 4.69) is 6.92 Å². The minimum Gasteiger partial charge on any atom is -0.499 e. The number of ketones is 1. The van der Waals surface area contributed by atoms with E-state index in [1.54, 1.807) is 6.08 Å². The second kappa shape index (κ2) is 11.8. The molecule has 9 heteroatoms. The summed E-state index contributed by atoms with van der Waals surface area (Å²) in [7, 11) is 0. The number of hydrogen-bond acceptors (Lipinski definition) is 9. The number of carbonyl (C=O) groups excluding carboxylic acids is 2. The largest absolute Gasteiger partial charge is 0.499 e. The number of rotatable bonds is 14. The molecule has 28 heavy (non-hydrogen) atoms. The van der Waals surface area contributed by atoms with Crippen LogP contribution in [0.3, 0.4) is 0 Å². The monoisotopic (exact) mass is 402 g/mol. The lowest BCUT2D eigenvalue weighted by Crippen LogP contribution is -2.57. The van der Waals surface area contributed by atoms with Gasteiger partial charge in [-0.25, -0.2) is 4.79 Å². The van der Waals surface area contributed by atoms with Crippen LogP contribution in [0.5, 0.6) is 0 Å². The zero-order valence-corrected chi connectivity index (χ0v) is 16.0. The molecule has 0 spiro atoms. The number of allylic oxidation sites excluding steroid dienone is 1. The van der Waals surface area contributed by atoms with Gasteiger partial charge in [0.1, 0.15) is 12.2 Å². The minimum atomic E-state index is -2.65. The first-order chi connectivity index (χ1) is 13.4. The molecule has 0 amide bonds. The topological polar surface area (TPSA) is 154 Å². The Morgan fingerprint density at radius 3 is 2.39 bits per heavy atom. The lowest BCUT2D eigenvalue weighted by molar-refractivity contribution is -0.178. The van der Waals surface area contributed by atoms with Gasteiger partial charge in [0.2, 0.25) is 17.3 Å². The quantitative estimate of drug-likeness (QED) is 0.160. The summed E-state index contributed by atoms with van der Waals surface area (Å²) >= 11 is 0.